The maximum absolute atomic E-state index is 12.4. The van der Waals surface area contributed by atoms with Crippen LogP contribution in [0.3, 0.4) is 0 Å². The lowest BCUT2D eigenvalue weighted by Crippen LogP contribution is -2.10. The lowest BCUT2D eigenvalue weighted by atomic mass is 10.1. The van der Waals surface area contributed by atoms with E-state index < -0.39 is 0 Å². The van der Waals surface area contributed by atoms with Gasteiger partial charge in [0.05, 0.1) is 18.4 Å². The van der Waals surface area contributed by atoms with Crippen molar-refractivity contribution in [1.29, 1.82) is 0 Å². The van der Waals surface area contributed by atoms with E-state index in [1.165, 1.54) is 5.56 Å². The molecular weight excluding hydrogens is 416 g/mol. The Morgan fingerprint density at radius 3 is 2.52 bits per heavy atom. The van der Waals surface area contributed by atoms with Crippen LogP contribution in [0.25, 0.3) is 10.8 Å². The quantitative estimate of drug-likeness (QED) is 0.358. The number of rotatable bonds is 7. The Labute approximate surface area is 192 Å². The lowest BCUT2D eigenvalue weighted by Gasteiger charge is -2.11. The smallest absolute Gasteiger partial charge is 0.258 e. The molecule has 33 heavy (non-hydrogen) atoms. The van der Waals surface area contributed by atoms with Gasteiger partial charge in [-0.1, -0.05) is 18.2 Å². The molecule has 0 fully saturated rings. The molecule has 0 spiro atoms. The second-order valence-electron chi connectivity index (χ2n) is 8.00. The highest BCUT2D eigenvalue weighted by Gasteiger charge is 2.11. The average Bonchev–Trinajstić information content (AvgIpc) is 2.79. The fourth-order valence-corrected chi connectivity index (χ4v) is 3.60. The van der Waals surface area contributed by atoms with E-state index in [1.807, 2.05) is 74.8 Å². The number of pyridine rings is 1. The molecule has 168 valence electrons. The molecule has 0 saturated heterocycles. The van der Waals surface area contributed by atoms with Crippen LogP contribution in [0.2, 0.25) is 0 Å². The van der Waals surface area contributed by atoms with Gasteiger partial charge in [0.2, 0.25) is 5.88 Å². The summed E-state index contributed by atoms with van der Waals surface area (Å²) in [6.45, 7) is 0.846. The van der Waals surface area contributed by atoms with Crippen LogP contribution in [0.4, 0.5) is 17.1 Å². The molecule has 0 amide bonds. The van der Waals surface area contributed by atoms with E-state index >= 15 is 0 Å². The number of H-pyrrole nitrogens is 1. The van der Waals surface area contributed by atoms with Crippen LogP contribution in [-0.4, -0.2) is 42.4 Å². The van der Waals surface area contributed by atoms with Crippen molar-refractivity contribution in [3.05, 3.63) is 88.2 Å². The van der Waals surface area contributed by atoms with Gasteiger partial charge in [0.25, 0.3) is 5.56 Å². The van der Waals surface area contributed by atoms with Crippen molar-refractivity contribution >= 4 is 34.0 Å². The van der Waals surface area contributed by atoms with Gasteiger partial charge < -0.3 is 20.1 Å². The van der Waals surface area contributed by atoms with Crippen molar-refractivity contribution in [2.45, 2.75) is 6.54 Å². The van der Waals surface area contributed by atoms with E-state index in [9.17, 15) is 9.90 Å². The number of hydrogen-bond acceptors (Lipinski definition) is 6. The standard InChI is InChI=1S/C26H26N4O3/c1-30(2)16-17-7-9-18(10-8-17)27-15-24-23-14-20(11-12-22(23)25(31)29-26(24)32)28-19-5-4-6-21(13-19)33-3/h4-15,28H,16H2,1-3H3,(H2,29,31,32). The van der Waals surface area contributed by atoms with Crippen LogP contribution in [-0.2, 0) is 6.54 Å². The third-order valence-electron chi connectivity index (χ3n) is 5.18. The summed E-state index contributed by atoms with van der Waals surface area (Å²) in [5, 5.41) is 14.8. The van der Waals surface area contributed by atoms with Gasteiger partial charge in [-0.2, -0.15) is 0 Å². The first-order valence-electron chi connectivity index (χ1n) is 10.5. The molecule has 0 saturated carbocycles. The number of nitrogens with zero attached hydrogens (tertiary/aromatic N) is 2. The van der Waals surface area contributed by atoms with Gasteiger partial charge in [-0.3, -0.25) is 14.8 Å². The number of aromatic amines is 1. The van der Waals surface area contributed by atoms with Crippen molar-refractivity contribution < 1.29 is 9.84 Å². The SMILES string of the molecule is COc1cccc(Nc2ccc3c(=O)[nH]c(O)c(C=Nc4ccc(CN(C)C)cc4)c3c2)c1. The van der Waals surface area contributed by atoms with E-state index in [-0.39, 0.29) is 11.4 Å². The zero-order valence-corrected chi connectivity index (χ0v) is 18.8. The Morgan fingerprint density at radius 2 is 1.79 bits per heavy atom. The van der Waals surface area contributed by atoms with Gasteiger partial charge in [-0.15, -0.1) is 0 Å². The summed E-state index contributed by atoms with van der Waals surface area (Å²) in [6, 6.07) is 20.8. The summed E-state index contributed by atoms with van der Waals surface area (Å²) < 4.78 is 5.28. The third-order valence-corrected chi connectivity index (χ3v) is 5.18. The van der Waals surface area contributed by atoms with Crippen molar-refractivity contribution in [3.63, 3.8) is 0 Å². The number of ether oxygens (including phenoxy) is 1. The Hall–Kier alpha value is -4.10. The monoisotopic (exact) mass is 442 g/mol. The molecule has 0 aliphatic carbocycles. The summed E-state index contributed by atoms with van der Waals surface area (Å²) in [5.41, 5.74) is 3.63. The molecule has 0 aliphatic rings. The molecule has 1 heterocycles. The maximum atomic E-state index is 12.4. The Bertz CT molecular complexity index is 1360. The van der Waals surface area contributed by atoms with Gasteiger partial charge in [0.1, 0.15) is 5.75 Å². The highest BCUT2D eigenvalue weighted by molar-refractivity contribution is 6.03. The largest absolute Gasteiger partial charge is 0.497 e. The van der Waals surface area contributed by atoms with Gasteiger partial charge in [0, 0.05) is 41.0 Å². The molecule has 4 rings (SSSR count). The second kappa shape index (κ2) is 9.58. The minimum atomic E-state index is -0.361. The van der Waals surface area contributed by atoms with Crippen molar-refractivity contribution in [1.82, 2.24) is 9.88 Å². The predicted octanol–water partition coefficient (Wildman–Crippen LogP) is 4.80. The Balaban J connectivity index is 1.68. The van der Waals surface area contributed by atoms with E-state index in [1.54, 1.807) is 19.4 Å². The van der Waals surface area contributed by atoms with Crippen molar-refractivity contribution in [2.75, 3.05) is 26.5 Å². The minimum Gasteiger partial charge on any atom is -0.497 e. The number of aromatic nitrogens is 1. The molecule has 7 nitrogen and oxygen atoms in total. The topological polar surface area (TPSA) is 89.9 Å². The summed E-state index contributed by atoms with van der Waals surface area (Å²) in [4.78, 5) is 21.5. The molecule has 0 radical (unpaired) electrons. The van der Waals surface area contributed by atoms with E-state index in [2.05, 4.69) is 20.2 Å². The summed E-state index contributed by atoms with van der Waals surface area (Å²) >= 11 is 0. The number of aromatic hydroxyl groups is 1. The van der Waals surface area contributed by atoms with Gasteiger partial charge in [0.15, 0.2) is 0 Å². The number of hydrogen-bond donors (Lipinski definition) is 3. The van der Waals surface area contributed by atoms with Gasteiger partial charge >= 0.3 is 0 Å². The Morgan fingerprint density at radius 1 is 1.03 bits per heavy atom. The van der Waals surface area contributed by atoms with Crippen LogP contribution in [0.5, 0.6) is 11.6 Å². The number of nitrogens with one attached hydrogen (secondary N) is 2. The molecule has 3 aromatic carbocycles. The fraction of sp³-hybridized carbons (Fsp3) is 0.154. The zero-order chi connectivity index (χ0) is 23.4. The molecule has 0 atom stereocenters. The fourth-order valence-electron chi connectivity index (χ4n) is 3.60. The normalized spacial score (nSPS) is 11.4. The first-order valence-corrected chi connectivity index (χ1v) is 10.5. The van der Waals surface area contributed by atoms with Crippen LogP contribution >= 0.6 is 0 Å². The summed E-state index contributed by atoms with van der Waals surface area (Å²) in [7, 11) is 5.66. The number of methoxy groups -OCH3 is 1. The number of aliphatic imine (C=N–C) groups is 1. The molecule has 0 bridgehead atoms. The molecule has 1 aromatic heterocycles. The van der Waals surface area contributed by atoms with Crippen molar-refractivity contribution in [2.24, 2.45) is 4.99 Å². The first kappa shape index (κ1) is 22.1. The van der Waals surface area contributed by atoms with E-state index in [0.29, 0.717) is 16.3 Å². The van der Waals surface area contributed by atoms with Gasteiger partial charge in [-0.25, -0.2) is 0 Å². The molecule has 0 unspecified atom stereocenters. The first-order chi connectivity index (χ1) is 15.9. The van der Waals surface area contributed by atoms with E-state index in [0.717, 1.165) is 29.4 Å². The van der Waals surface area contributed by atoms with Crippen LogP contribution in [0.1, 0.15) is 11.1 Å². The van der Waals surface area contributed by atoms with E-state index in [4.69, 9.17) is 4.74 Å². The number of benzene rings is 3. The zero-order valence-electron chi connectivity index (χ0n) is 18.8. The third kappa shape index (κ3) is 5.22. The summed E-state index contributed by atoms with van der Waals surface area (Å²) in [6.07, 6.45) is 1.57. The van der Waals surface area contributed by atoms with Crippen LogP contribution < -0.4 is 15.6 Å². The summed E-state index contributed by atoms with van der Waals surface area (Å²) in [5.74, 6) is 0.512. The minimum absolute atomic E-state index is 0.223. The molecule has 0 aliphatic heterocycles. The Kier molecular flexibility index (Phi) is 6.42. The molecular formula is C26H26N4O3. The highest BCUT2D eigenvalue weighted by atomic mass is 16.5. The lowest BCUT2D eigenvalue weighted by molar-refractivity contribution is 0.402. The highest BCUT2D eigenvalue weighted by Crippen LogP contribution is 2.27. The predicted molar refractivity (Wildman–Crippen MR) is 134 cm³/mol. The van der Waals surface area contributed by atoms with Gasteiger partial charge in [-0.05, 0) is 62.1 Å². The van der Waals surface area contributed by atoms with Crippen molar-refractivity contribution in [3.8, 4) is 11.6 Å². The molecule has 7 heteroatoms. The average molecular weight is 443 g/mol. The number of fused-ring (bicyclic) bond motifs is 1. The second-order valence-corrected chi connectivity index (χ2v) is 8.00. The van der Waals surface area contributed by atoms with Crippen LogP contribution in [0.15, 0.2) is 76.5 Å². The van der Waals surface area contributed by atoms with Crippen LogP contribution in [0, 0.1) is 0 Å². The maximum Gasteiger partial charge on any atom is 0.258 e. The molecule has 3 N–H and O–H groups in total. The molecule has 4 aromatic rings. The number of anilines is 2.